The minimum absolute atomic E-state index is 0.211. The molecule has 2 aromatic rings. The van der Waals surface area contributed by atoms with Crippen LogP contribution in [0.15, 0.2) is 29.6 Å². The van der Waals surface area contributed by atoms with E-state index < -0.39 is 0 Å². The Labute approximate surface area is 119 Å². The summed E-state index contributed by atoms with van der Waals surface area (Å²) < 4.78 is 0. The fourth-order valence-electron chi connectivity index (χ4n) is 2.01. The van der Waals surface area contributed by atoms with Crippen molar-refractivity contribution in [3.63, 3.8) is 0 Å². The van der Waals surface area contributed by atoms with Crippen LogP contribution in [0.4, 0.5) is 0 Å². The van der Waals surface area contributed by atoms with E-state index >= 15 is 0 Å². The third kappa shape index (κ3) is 3.43. The van der Waals surface area contributed by atoms with E-state index in [4.69, 9.17) is 4.98 Å². The van der Waals surface area contributed by atoms with E-state index in [1.165, 1.54) is 16.8 Å². The van der Waals surface area contributed by atoms with Crippen molar-refractivity contribution in [3.05, 3.63) is 51.5 Å². The number of nitrogens with one attached hydrogen (secondary N) is 1. The summed E-state index contributed by atoms with van der Waals surface area (Å²) in [4.78, 5) is 4.78. The Morgan fingerprint density at radius 1 is 1.21 bits per heavy atom. The first-order chi connectivity index (χ1) is 9.11. The highest BCUT2D eigenvalue weighted by atomic mass is 32.1. The topological polar surface area (TPSA) is 24.9 Å². The summed E-state index contributed by atoms with van der Waals surface area (Å²) in [5, 5.41) is 6.88. The van der Waals surface area contributed by atoms with Gasteiger partial charge >= 0.3 is 0 Å². The van der Waals surface area contributed by atoms with Crippen LogP contribution in [0.3, 0.4) is 0 Å². The molecule has 0 bridgehead atoms. The standard InChI is InChI=1S/C16H22N2S/c1-5-17-15(13-8-6-12(4)7-9-13)16-18-14(10-19-16)11(2)3/h6-11,15,17H,5H2,1-4H3. The van der Waals surface area contributed by atoms with Gasteiger partial charge in [-0.05, 0) is 24.9 Å². The Balaban J connectivity index is 2.30. The zero-order valence-corrected chi connectivity index (χ0v) is 12.9. The molecule has 0 fully saturated rings. The van der Waals surface area contributed by atoms with E-state index in [1.807, 2.05) is 0 Å². The van der Waals surface area contributed by atoms with Gasteiger partial charge in [0.15, 0.2) is 0 Å². The van der Waals surface area contributed by atoms with Gasteiger partial charge in [0.25, 0.3) is 0 Å². The zero-order chi connectivity index (χ0) is 13.8. The minimum atomic E-state index is 0.211. The van der Waals surface area contributed by atoms with Crippen molar-refractivity contribution >= 4 is 11.3 Å². The zero-order valence-electron chi connectivity index (χ0n) is 12.1. The smallest absolute Gasteiger partial charge is 0.114 e. The molecule has 0 saturated carbocycles. The average Bonchev–Trinajstić information content (AvgIpc) is 2.87. The summed E-state index contributed by atoms with van der Waals surface area (Å²) in [6.07, 6.45) is 0. The third-order valence-corrected chi connectivity index (χ3v) is 4.12. The summed E-state index contributed by atoms with van der Waals surface area (Å²) in [6, 6.07) is 8.92. The second kappa shape index (κ2) is 6.31. The molecule has 0 spiro atoms. The molecular formula is C16H22N2S. The normalized spacial score (nSPS) is 12.9. The first-order valence-electron chi connectivity index (χ1n) is 6.87. The summed E-state index contributed by atoms with van der Waals surface area (Å²) in [5.74, 6) is 0.491. The maximum Gasteiger partial charge on any atom is 0.114 e. The Hall–Kier alpha value is -1.19. The van der Waals surface area contributed by atoms with Crippen molar-refractivity contribution in [2.45, 2.75) is 39.7 Å². The van der Waals surface area contributed by atoms with Crippen molar-refractivity contribution in [2.24, 2.45) is 0 Å². The molecule has 2 nitrogen and oxygen atoms in total. The minimum Gasteiger partial charge on any atom is -0.305 e. The van der Waals surface area contributed by atoms with Gasteiger partial charge in [0.1, 0.15) is 5.01 Å². The fraction of sp³-hybridized carbons (Fsp3) is 0.438. The molecule has 1 atom stereocenters. The Kier molecular flexibility index (Phi) is 4.72. The highest BCUT2D eigenvalue weighted by Crippen LogP contribution is 2.27. The van der Waals surface area contributed by atoms with Crippen LogP contribution in [-0.2, 0) is 0 Å². The van der Waals surface area contributed by atoms with Gasteiger partial charge in [-0.3, -0.25) is 0 Å². The predicted octanol–water partition coefficient (Wildman–Crippen LogP) is 4.27. The van der Waals surface area contributed by atoms with E-state index in [0.717, 1.165) is 11.6 Å². The van der Waals surface area contributed by atoms with Crippen molar-refractivity contribution in [1.29, 1.82) is 0 Å². The average molecular weight is 274 g/mol. The second-order valence-electron chi connectivity index (χ2n) is 5.17. The molecule has 1 aromatic carbocycles. The largest absolute Gasteiger partial charge is 0.305 e. The van der Waals surface area contributed by atoms with Crippen LogP contribution < -0.4 is 5.32 Å². The summed E-state index contributed by atoms with van der Waals surface area (Å²) >= 11 is 1.75. The lowest BCUT2D eigenvalue weighted by Crippen LogP contribution is -2.21. The first kappa shape index (κ1) is 14.2. The van der Waals surface area contributed by atoms with Crippen LogP contribution in [0.1, 0.15) is 54.6 Å². The number of hydrogen-bond acceptors (Lipinski definition) is 3. The molecule has 1 N–H and O–H groups in total. The molecular weight excluding hydrogens is 252 g/mol. The second-order valence-corrected chi connectivity index (χ2v) is 6.06. The van der Waals surface area contributed by atoms with Crippen LogP contribution in [0.25, 0.3) is 0 Å². The van der Waals surface area contributed by atoms with E-state index in [2.05, 4.69) is 62.7 Å². The molecule has 0 aliphatic heterocycles. The molecule has 0 aliphatic rings. The number of hydrogen-bond donors (Lipinski definition) is 1. The predicted molar refractivity (Wildman–Crippen MR) is 82.9 cm³/mol. The molecule has 19 heavy (non-hydrogen) atoms. The summed E-state index contributed by atoms with van der Waals surface area (Å²) in [5.41, 5.74) is 3.77. The number of aromatic nitrogens is 1. The lowest BCUT2D eigenvalue weighted by Gasteiger charge is -2.16. The molecule has 0 radical (unpaired) electrons. The molecule has 3 heteroatoms. The summed E-state index contributed by atoms with van der Waals surface area (Å²) in [6.45, 7) is 9.57. The Morgan fingerprint density at radius 2 is 1.89 bits per heavy atom. The van der Waals surface area contributed by atoms with Crippen LogP contribution in [0.5, 0.6) is 0 Å². The number of benzene rings is 1. The monoisotopic (exact) mass is 274 g/mol. The number of aryl methyl sites for hydroxylation is 1. The molecule has 0 amide bonds. The highest BCUT2D eigenvalue weighted by molar-refractivity contribution is 7.09. The Morgan fingerprint density at radius 3 is 2.42 bits per heavy atom. The van der Waals surface area contributed by atoms with E-state index in [0.29, 0.717) is 5.92 Å². The molecule has 1 heterocycles. The van der Waals surface area contributed by atoms with Gasteiger partial charge in [-0.15, -0.1) is 11.3 Å². The van der Waals surface area contributed by atoms with Crippen LogP contribution in [-0.4, -0.2) is 11.5 Å². The van der Waals surface area contributed by atoms with E-state index in [1.54, 1.807) is 11.3 Å². The number of rotatable bonds is 5. The van der Waals surface area contributed by atoms with Gasteiger partial charge in [0, 0.05) is 5.38 Å². The van der Waals surface area contributed by atoms with Crippen LogP contribution >= 0.6 is 11.3 Å². The third-order valence-electron chi connectivity index (χ3n) is 3.20. The maximum atomic E-state index is 4.78. The van der Waals surface area contributed by atoms with E-state index in [-0.39, 0.29) is 6.04 Å². The van der Waals surface area contributed by atoms with Crippen LogP contribution in [0, 0.1) is 6.92 Å². The molecule has 0 saturated heterocycles. The number of thiazole rings is 1. The van der Waals surface area contributed by atoms with Gasteiger partial charge in [-0.1, -0.05) is 50.6 Å². The molecule has 2 rings (SSSR count). The van der Waals surface area contributed by atoms with Gasteiger partial charge in [0.2, 0.25) is 0 Å². The molecule has 1 unspecified atom stereocenters. The van der Waals surface area contributed by atoms with Crippen molar-refractivity contribution in [2.75, 3.05) is 6.54 Å². The maximum absolute atomic E-state index is 4.78. The lowest BCUT2D eigenvalue weighted by atomic mass is 10.1. The molecule has 102 valence electrons. The van der Waals surface area contributed by atoms with Gasteiger partial charge < -0.3 is 5.32 Å². The van der Waals surface area contributed by atoms with Crippen LogP contribution in [0.2, 0.25) is 0 Å². The van der Waals surface area contributed by atoms with Crippen molar-refractivity contribution in [3.8, 4) is 0 Å². The van der Waals surface area contributed by atoms with Gasteiger partial charge in [-0.2, -0.15) is 0 Å². The Bertz CT molecular complexity index is 514. The van der Waals surface area contributed by atoms with Gasteiger partial charge in [-0.25, -0.2) is 4.98 Å². The summed E-state index contributed by atoms with van der Waals surface area (Å²) in [7, 11) is 0. The fourth-order valence-corrected chi connectivity index (χ4v) is 3.09. The lowest BCUT2D eigenvalue weighted by molar-refractivity contribution is 0.623. The number of nitrogens with zero attached hydrogens (tertiary/aromatic N) is 1. The van der Waals surface area contributed by atoms with Crippen molar-refractivity contribution < 1.29 is 0 Å². The molecule has 1 aromatic heterocycles. The first-order valence-corrected chi connectivity index (χ1v) is 7.75. The highest BCUT2D eigenvalue weighted by Gasteiger charge is 2.17. The van der Waals surface area contributed by atoms with Crippen molar-refractivity contribution in [1.82, 2.24) is 10.3 Å². The van der Waals surface area contributed by atoms with E-state index in [9.17, 15) is 0 Å². The van der Waals surface area contributed by atoms with Gasteiger partial charge in [0.05, 0.1) is 11.7 Å². The SMILES string of the molecule is CCNC(c1ccc(C)cc1)c1nc(C(C)C)cs1. The quantitative estimate of drug-likeness (QED) is 0.880. The molecule has 0 aliphatic carbocycles.